The van der Waals surface area contributed by atoms with E-state index in [-0.39, 0.29) is 10.6 Å². The zero-order chi connectivity index (χ0) is 12.6. The summed E-state index contributed by atoms with van der Waals surface area (Å²) in [6, 6.07) is 3.16. The van der Waals surface area contributed by atoms with Crippen LogP contribution in [0.25, 0.3) is 10.9 Å². The molecule has 2 aromatic rings. The van der Waals surface area contributed by atoms with Gasteiger partial charge in [-0.3, -0.25) is 4.98 Å². The van der Waals surface area contributed by atoms with Gasteiger partial charge in [-0.05, 0) is 12.1 Å². The van der Waals surface area contributed by atoms with E-state index in [0.717, 1.165) is 0 Å². The van der Waals surface area contributed by atoms with Crippen LogP contribution in [0.1, 0.15) is 10.4 Å². The molecule has 0 saturated carbocycles. The molecule has 0 saturated heterocycles. The van der Waals surface area contributed by atoms with E-state index >= 15 is 0 Å². The smallest absolute Gasteiger partial charge is 0.340 e. The fraction of sp³-hybridized carbons (Fsp3) is 0.0909. The van der Waals surface area contributed by atoms with Crippen molar-refractivity contribution >= 4 is 51.7 Å². The molecule has 88 valence electrons. The van der Waals surface area contributed by atoms with Gasteiger partial charge in [0, 0.05) is 16.6 Å². The van der Waals surface area contributed by atoms with E-state index in [2.05, 4.69) is 9.72 Å². The Morgan fingerprint density at radius 2 is 2.00 bits per heavy atom. The molecular weight excluding hydrogens is 284 g/mol. The zero-order valence-corrected chi connectivity index (χ0v) is 10.9. The van der Waals surface area contributed by atoms with Crippen LogP contribution in [-0.4, -0.2) is 18.1 Å². The van der Waals surface area contributed by atoms with Gasteiger partial charge >= 0.3 is 5.97 Å². The van der Waals surface area contributed by atoms with Gasteiger partial charge in [0.2, 0.25) is 0 Å². The lowest BCUT2D eigenvalue weighted by Crippen LogP contribution is -2.03. The van der Waals surface area contributed by atoms with E-state index in [9.17, 15) is 4.79 Å². The minimum Gasteiger partial charge on any atom is -0.465 e. The highest BCUT2D eigenvalue weighted by Gasteiger charge is 2.16. The van der Waals surface area contributed by atoms with Crippen LogP contribution in [0, 0.1) is 0 Å². The summed E-state index contributed by atoms with van der Waals surface area (Å²) in [4.78, 5) is 15.5. The molecule has 0 aliphatic heterocycles. The van der Waals surface area contributed by atoms with E-state index in [1.54, 1.807) is 12.1 Å². The van der Waals surface area contributed by atoms with Crippen LogP contribution in [-0.2, 0) is 4.74 Å². The molecule has 1 aromatic carbocycles. The molecule has 0 amide bonds. The Morgan fingerprint density at radius 1 is 1.29 bits per heavy atom. The highest BCUT2D eigenvalue weighted by Crippen LogP contribution is 2.34. The number of halogens is 3. The lowest BCUT2D eigenvalue weighted by Gasteiger charge is -2.07. The van der Waals surface area contributed by atoms with Crippen molar-refractivity contribution in [1.29, 1.82) is 0 Å². The van der Waals surface area contributed by atoms with E-state index in [0.29, 0.717) is 20.9 Å². The Bertz CT molecular complexity index is 613. The Labute approximate surface area is 112 Å². The number of rotatable bonds is 1. The summed E-state index contributed by atoms with van der Waals surface area (Å²) in [5.74, 6) is -0.560. The highest BCUT2D eigenvalue weighted by molar-refractivity contribution is 6.44. The molecule has 0 aliphatic rings. The number of carbonyl (C=O) groups excluding carboxylic acids is 1. The fourth-order valence-corrected chi connectivity index (χ4v) is 2.41. The number of hydrogen-bond acceptors (Lipinski definition) is 3. The van der Waals surface area contributed by atoms with Crippen molar-refractivity contribution in [2.24, 2.45) is 0 Å². The van der Waals surface area contributed by atoms with E-state index in [1.807, 2.05) is 0 Å². The quantitative estimate of drug-likeness (QED) is 0.746. The van der Waals surface area contributed by atoms with E-state index < -0.39 is 5.97 Å². The Kier molecular flexibility index (Phi) is 3.43. The summed E-state index contributed by atoms with van der Waals surface area (Å²) in [5.41, 5.74) is 0.700. The Hall–Kier alpha value is -1.03. The molecule has 0 radical (unpaired) electrons. The molecule has 0 fully saturated rings. The molecule has 1 aromatic heterocycles. The maximum Gasteiger partial charge on any atom is 0.340 e. The van der Waals surface area contributed by atoms with Gasteiger partial charge in [0.25, 0.3) is 0 Å². The summed E-state index contributed by atoms with van der Waals surface area (Å²) in [7, 11) is 1.27. The van der Waals surface area contributed by atoms with Crippen molar-refractivity contribution in [2.45, 2.75) is 0 Å². The van der Waals surface area contributed by atoms with Crippen LogP contribution in [0.5, 0.6) is 0 Å². The van der Waals surface area contributed by atoms with E-state index in [1.165, 1.54) is 13.3 Å². The number of esters is 1. The Balaban J connectivity index is 2.80. The molecule has 0 unspecified atom stereocenters. The number of fused-ring (bicyclic) bond motifs is 1. The number of carbonyl (C=O) groups is 1. The van der Waals surface area contributed by atoms with Gasteiger partial charge in [-0.15, -0.1) is 0 Å². The molecule has 3 nitrogen and oxygen atoms in total. The second-order valence-electron chi connectivity index (χ2n) is 3.26. The molecule has 17 heavy (non-hydrogen) atoms. The van der Waals surface area contributed by atoms with Gasteiger partial charge in [-0.25, -0.2) is 4.79 Å². The third-order valence-corrected chi connectivity index (χ3v) is 3.14. The first-order chi connectivity index (χ1) is 8.04. The SMILES string of the molecule is COC(=O)c1cnc2cc(Cl)cc(Cl)c2c1Cl. The molecule has 2 rings (SSSR count). The van der Waals surface area contributed by atoms with Crippen molar-refractivity contribution in [1.82, 2.24) is 4.98 Å². The standard InChI is InChI=1S/C11H6Cl3NO2/c1-17-11(16)6-4-15-8-3-5(12)2-7(13)9(8)10(6)14/h2-4H,1H3. The van der Waals surface area contributed by atoms with Crippen LogP contribution in [0.3, 0.4) is 0 Å². The molecule has 6 heteroatoms. The first-order valence-corrected chi connectivity index (χ1v) is 5.69. The van der Waals surface area contributed by atoms with Crippen LogP contribution in [0.2, 0.25) is 15.1 Å². The molecule has 0 bridgehead atoms. The van der Waals surface area contributed by atoms with E-state index in [4.69, 9.17) is 34.8 Å². The minimum atomic E-state index is -0.560. The molecule has 0 spiro atoms. The third kappa shape index (κ3) is 2.18. The van der Waals surface area contributed by atoms with Crippen molar-refractivity contribution in [3.8, 4) is 0 Å². The van der Waals surface area contributed by atoms with Crippen LogP contribution in [0.15, 0.2) is 18.3 Å². The highest BCUT2D eigenvalue weighted by atomic mass is 35.5. The molecule has 0 atom stereocenters. The summed E-state index contributed by atoms with van der Waals surface area (Å²) in [6.07, 6.45) is 1.34. The van der Waals surface area contributed by atoms with Gasteiger partial charge in [0.05, 0.1) is 28.2 Å². The maximum atomic E-state index is 11.4. The number of nitrogens with zero attached hydrogens (tertiary/aromatic N) is 1. The molecule has 0 aliphatic carbocycles. The van der Waals surface area contributed by atoms with Gasteiger partial charge in [0.1, 0.15) is 0 Å². The minimum absolute atomic E-state index is 0.172. The largest absolute Gasteiger partial charge is 0.465 e. The second-order valence-corrected chi connectivity index (χ2v) is 4.48. The first kappa shape index (κ1) is 12.4. The predicted octanol–water partition coefficient (Wildman–Crippen LogP) is 3.98. The summed E-state index contributed by atoms with van der Waals surface area (Å²) >= 11 is 18.0. The van der Waals surface area contributed by atoms with Crippen molar-refractivity contribution in [3.63, 3.8) is 0 Å². The molecule has 1 heterocycles. The molecular formula is C11H6Cl3NO2. The van der Waals surface area contributed by atoms with Crippen molar-refractivity contribution < 1.29 is 9.53 Å². The number of methoxy groups -OCH3 is 1. The van der Waals surface area contributed by atoms with Crippen molar-refractivity contribution in [3.05, 3.63) is 39.0 Å². The summed E-state index contributed by atoms with van der Waals surface area (Å²) in [6.45, 7) is 0. The van der Waals surface area contributed by atoms with Gasteiger partial charge in [-0.2, -0.15) is 0 Å². The lowest BCUT2D eigenvalue weighted by atomic mass is 10.1. The number of ether oxygens (including phenoxy) is 1. The lowest BCUT2D eigenvalue weighted by molar-refractivity contribution is 0.0600. The van der Waals surface area contributed by atoms with Crippen LogP contribution in [0.4, 0.5) is 0 Å². The van der Waals surface area contributed by atoms with Crippen LogP contribution >= 0.6 is 34.8 Å². The topological polar surface area (TPSA) is 39.2 Å². The first-order valence-electron chi connectivity index (χ1n) is 4.56. The van der Waals surface area contributed by atoms with Crippen molar-refractivity contribution in [2.75, 3.05) is 7.11 Å². The van der Waals surface area contributed by atoms with Gasteiger partial charge < -0.3 is 4.74 Å². The fourth-order valence-electron chi connectivity index (χ4n) is 1.46. The zero-order valence-electron chi connectivity index (χ0n) is 8.63. The molecule has 0 N–H and O–H groups in total. The second kappa shape index (κ2) is 4.69. The predicted molar refractivity (Wildman–Crippen MR) is 68.1 cm³/mol. The van der Waals surface area contributed by atoms with Gasteiger partial charge in [-0.1, -0.05) is 34.8 Å². The number of hydrogen-bond donors (Lipinski definition) is 0. The Morgan fingerprint density at radius 3 is 2.65 bits per heavy atom. The summed E-state index contributed by atoms with van der Waals surface area (Å²) in [5, 5.41) is 1.50. The number of aromatic nitrogens is 1. The monoisotopic (exact) mass is 289 g/mol. The van der Waals surface area contributed by atoms with Crippen LogP contribution < -0.4 is 0 Å². The average Bonchev–Trinajstić information content (AvgIpc) is 2.27. The normalized spacial score (nSPS) is 10.6. The third-order valence-electron chi connectivity index (χ3n) is 2.23. The van der Waals surface area contributed by atoms with Gasteiger partial charge in [0.15, 0.2) is 0 Å². The summed E-state index contributed by atoms with van der Waals surface area (Å²) < 4.78 is 4.60. The average molecular weight is 291 g/mol. The maximum absolute atomic E-state index is 11.4. The number of benzene rings is 1. The number of pyridine rings is 1.